The van der Waals surface area contributed by atoms with Crippen LogP contribution in [-0.2, 0) is 4.79 Å². The molecular weight excluding hydrogens is 280 g/mol. The van der Waals surface area contributed by atoms with Gasteiger partial charge in [0.25, 0.3) is 5.91 Å². The minimum Gasteiger partial charge on any atom is -0.481 e. The molecule has 0 aliphatic heterocycles. The second-order valence-corrected chi connectivity index (χ2v) is 4.49. The number of pyridine rings is 1. The summed E-state index contributed by atoms with van der Waals surface area (Å²) in [5, 5.41) is 12.9. The summed E-state index contributed by atoms with van der Waals surface area (Å²) in [5.74, 6) is 0.319. The molecule has 2 rings (SSSR count). The number of benzene rings is 1. The van der Waals surface area contributed by atoms with Crippen molar-refractivity contribution in [1.29, 1.82) is 0 Å². The van der Waals surface area contributed by atoms with Gasteiger partial charge in [0.1, 0.15) is 11.3 Å². The Morgan fingerprint density at radius 1 is 1.32 bits per heavy atom. The number of rotatable bonds is 6. The summed E-state index contributed by atoms with van der Waals surface area (Å²) in [4.78, 5) is 15.9. The van der Waals surface area contributed by atoms with Crippen LogP contribution in [0.15, 0.2) is 36.5 Å². The molecule has 1 unspecified atom stereocenters. The number of carbonyl (C=O) groups is 1. The van der Waals surface area contributed by atoms with Crippen LogP contribution in [0.5, 0.6) is 5.75 Å². The first kappa shape index (κ1) is 17.9. The van der Waals surface area contributed by atoms with E-state index in [4.69, 9.17) is 4.74 Å². The highest BCUT2D eigenvalue weighted by Gasteiger charge is 2.08. The minimum absolute atomic E-state index is 0.0911. The maximum absolute atomic E-state index is 11.6. The SMILES string of the molecule is CC.CCC(O)CNC(=O)COc1cccc2cccnc12. The number of hydrogen-bond donors (Lipinski definition) is 2. The summed E-state index contributed by atoms with van der Waals surface area (Å²) in [5.41, 5.74) is 0.733. The molecule has 5 nitrogen and oxygen atoms in total. The van der Waals surface area contributed by atoms with Crippen molar-refractivity contribution in [3.05, 3.63) is 36.5 Å². The Balaban J connectivity index is 0.00000116. The first-order valence-corrected chi connectivity index (χ1v) is 7.62. The Hall–Kier alpha value is -2.14. The second kappa shape index (κ2) is 9.73. The maximum Gasteiger partial charge on any atom is 0.258 e. The van der Waals surface area contributed by atoms with Gasteiger partial charge in [0.2, 0.25) is 0 Å². The maximum atomic E-state index is 11.6. The summed E-state index contributed by atoms with van der Waals surface area (Å²) >= 11 is 0. The summed E-state index contributed by atoms with van der Waals surface area (Å²) in [6.45, 7) is 6.01. The van der Waals surface area contributed by atoms with Crippen molar-refractivity contribution < 1.29 is 14.6 Å². The highest BCUT2D eigenvalue weighted by atomic mass is 16.5. The van der Waals surface area contributed by atoms with Crippen molar-refractivity contribution in [2.75, 3.05) is 13.2 Å². The summed E-state index contributed by atoms with van der Waals surface area (Å²) in [6, 6.07) is 9.37. The summed E-state index contributed by atoms with van der Waals surface area (Å²) < 4.78 is 5.49. The van der Waals surface area contributed by atoms with Gasteiger partial charge in [0.05, 0.1) is 6.10 Å². The average Bonchev–Trinajstić information content (AvgIpc) is 2.59. The van der Waals surface area contributed by atoms with E-state index in [-0.39, 0.29) is 19.1 Å². The first-order chi connectivity index (χ1) is 10.7. The van der Waals surface area contributed by atoms with Gasteiger partial charge in [-0.3, -0.25) is 9.78 Å². The van der Waals surface area contributed by atoms with Gasteiger partial charge in [0.15, 0.2) is 6.61 Å². The minimum atomic E-state index is -0.516. The quantitative estimate of drug-likeness (QED) is 0.860. The highest BCUT2D eigenvalue weighted by Crippen LogP contribution is 2.22. The van der Waals surface area contributed by atoms with Gasteiger partial charge in [-0.2, -0.15) is 0 Å². The molecule has 120 valence electrons. The van der Waals surface area contributed by atoms with Gasteiger partial charge in [0, 0.05) is 18.1 Å². The van der Waals surface area contributed by atoms with Gasteiger partial charge in [-0.1, -0.05) is 39.0 Å². The van der Waals surface area contributed by atoms with Crippen LogP contribution in [0.2, 0.25) is 0 Å². The smallest absolute Gasteiger partial charge is 0.258 e. The van der Waals surface area contributed by atoms with E-state index in [0.717, 1.165) is 10.9 Å². The number of nitrogens with zero attached hydrogens (tertiary/aromatic N) is 1. The predicted octanol–water partition coefficient (Wildman–Crippen LogP) is 2.53. The van der Waals surface area contributed by atoms with Gasteiger partial charge in [-0.15, -0.1) is 0 Å². The van der Waals surface area contributed by atoms with Crippen LogP contribution < -0.4 is 10.1 Å². The molecule has 0 aliphatic carbocycles. The van der Waals surface area contributed by atoms with Crippen LogP contribution in [0.25, 0.3) is 10.9 Å². The van der Waals surface area contributed by atoms with Gasteiger partial charge in [-0.05, 0) is 18.6 Å². The lowest BCUT2D eigenvalue weighted by molar-refractivity contribution is -0.123. The van der Waals surface area contributed by atoms with Crippen LogP contribution >= 0.6 is 0 Å². The number of amides is 1. The second-order valence-electron chi connectivity index (χ2n) is 4.49. The van der Waals surface area contributed by atoms with Crippen LogP contribution in [0.4, 0.5) is 0 Å². The van der Waals surface area contributed by atoms with Gasteiger partial charge in [-0.25, -0.2) is 0 Å². The topological polar surface area (TPSA) is 71.5 Å². The zero-order valence-corrected chi connectivity index (χ0v) is 13.4. The molecule has 0 spiro atoms. The van der Waals surface area contributed by atoms with E-state index in [1.165, 1.54) is 0 Å². The Morgan fingerprint density at radius 2 is 2.05 bits per heavy atom. The lowest BCUT2D eigenvalue weighted by Crippen LogP contribution is -2.35. The lowest BCUT2D eigenvalue weighted by Gasteiger charge is -2.11. The lowest BCUT2D eigenvalue weighted by atomic mass is 10.2. The summed E-state index contributed by atoms with van der Waals surface area (Å²) in [7, 11) is 0. The number of aromatic nitrogens is 1. The summed E-state index contributed by atoms with van der Waals surface area (Å²) in [6.07, 6.45) is 1.78. The fraction of sp³-hybridized carbons (Fsp3) is 0.412. The molecule has 1 aromatic heterocycles. The molecule has 22 heavy (non-hydrogen) atoms. The first-order valence-electron chi connectivity index (χ1n) is 7.62. The van der Waals surface area contributed by atoms with Gasteiger partial charge < -0.3 is 15.2 Å². The van der Waals surface area contributed by atoms with Crippen LogP contribution in [-0.4, -0.2) is 35.3 Å². The third-order valence-corrected chi connectivity index (χ3v) is 2.96. The van der Waals surface area contributed by atoms with Crippen molar-refractivity contribution in [3.8, 4) is 5.75 Å². The number of carbonyl (C=O) groups excluding carboxylic acids is 1. The van der Waals surface area contributed by atoms with Crippen molar-refractivity contribution in [2.45, 2.75) is 33.3 Å². The van der Waals surface area contributed by atoms with Crippen molar-refractivity contribution in [2.24, 2.45) is 0 Å². The molecule has 0 saturated heterocycles. The fourth-order valence-corrected chi connectivity index (χ4v) is 1.76. The molecular formula is C17H24N2O3. The monoisotopic (exact) mass is 304 g/mol. The normalized spacial score (nSPS) is 11.3. The molecule has 2 N–H and O–H groups in total. The van der Waals surface area contributed by atoms with E-state index in [1.807, 2.05) is 45.0 Å². The predicted molar refractivity (Wildman–Crippen MR) is 87.9 cm³/mol. The van der Waals surface area contributed by atoms with Crippen molar-refractivity contribution >= 4 is 16.8 Å². The largest absolute Gasteiger partial charge is 0.481 e. The molecule has 0 radical (unpaired) electrons. The van der Waals surface area contributed by atoms with E-state index in [9.17, 15) is 9.90 Å². The molecule has 2 aromatic rings. The van der Waals surface area contributed by atoms with Crippen LogP contribution in [0.1, 0.15) is 27.2 Å². The van der Waals surface area contributed by atoms with E-state index >= 15 is 0 Å². The van der Waals surface area contributed by atoms with Crippen LogP contribution in [0.3, 0.4) is 0 Å². The van der Waals surface area contributed by atoms with Crippen molar-refractivity contribution in [3.63, 3.8) is 0 Å². The number of hydrogen-bond acceptors (Lipinski definition) is 4. The standard InChI is InChI=1S/C15H18N2O3.C2H6/c1-2-12(18)9-17-14(19)10-20-13-7-3-5-11-6-4-8-16-15(11)13;1-2/h3-8,12,18H,2,9-10H2,1H3,(H,17,19);1-2H3. The Bertz CT molecular complexity index is 582. The Kier molecular flexibility index (Phi) is 7.92. The molecule has 0 saturated carbocycles. The molecule has 0 fully saturated rings. The third kappa shape index (κ3) is 5.33. The van der Waals surface area contributed by atoms with E-state index in [0.29, 0.717) is 12.2 Å². The highest BCUT2D eigenvalue weighted by molar-refractivity contribution is 5.85. The molecule has 5 heteroatoms. The number of ether oxygens (including phenoxy) is 1. The average molecular weight is 304 g/mol. The van der Waals surface area contributed by atoms with E-state index in [2.05, 4.69) is 10.3 Å². The number of aliphatic hydroxyl groups excluding tert-OH is 1. The molecule has 1 amide bonds. The molecule has 0 aliphatic rings. The van der Waals surface area contributed by atoms with E-state index < -0.39 is 6.10 Å². The van der Waals surface area contributed by atoms with Crippen LogP contribution in [0, 0.1) is 0 Å². The zero-order chi connectivity index (χ0) is 16.4. The number of nitrogens with one attached hydrogen (secondary N) is 1. The molecule has 1 aromatic carbocycles. The molecule has 1 heterocycles. The fourth-order valence-electron chi connectivity index (χ4n) is 1.76. The zero-order valence-electron chi connectivity index (χ0n) is 13.4. The van der Waals surface area contributed by atoms with E-state index in [1.54, 1.807) is 12.3 Å². The third-order valence-electron chi connectivity index (χ3n) is 2.96. The van der Waals surface area contributed by atoms with Gasteiger partial charge >= 0.3 is 0 Å². The molecule has 0 bridgehead atoms. The number of para-hydroxylation sites is 1. The number of aliphatic hydroxyl groups is 1. The Labute approximate surface area is 131 Å². The molecule has 1 atom stereocenters. The Morgan fingerprint density at radius 3 is 2.77 bits per heavy atom. The number of fused-ring (bicyclic) bond motifs is 1. The van der Waals surface area contributed by atoms with Crippen molar-refractivity contribution in [1.82, 2.24) is 10.3 Å².